The standard InChI is InChI=1S/C14H18N2O/c1-9(2)13-14(17)11(4)15-16(13)12-7-5-6-10(3)8-12/h5-9,17H,1-4H3. The summed E-state index contributed by atoms with van der Waals surface area (Å²) in [6.07, 6.45) is 0. The Balaban J connectivity index is 2.63. The van der Waals surface area contributed by atoms with E-state index in [1.54, 1.807) is 0 Å². The highest BCUT2D eigenvalue weighted by Crippen LogP contribution is 2.30. The number of benzene rings is 1. The van der Waals surface area contributed by atoms with Crippen LogP contribution >= 0.6 is 0 Å². The Bertz CT molecular complexity index is 541. The van der Waals surface area contributed by atoms with Gasteiger partial charge < -0.3 is 5.11 Å². The molecular weight excluding hydrogens is 212 g/mol. The average molecular weight is 230 g/mol. The molecule has 0 atom stereocenters. The van der Waals surface area contributed by atoms with Gasteiger partial charge in [0.05, 0.1) is 11.4 Å². The molecule has 3 nitrogen and oxygen atoms in total. The molecule has 0 aliphatic carbocycles. The van der Waals surface area contributed by atoms with Crippen molar-refractivity contribution >= 4 is 0 Å². The highest BCUT2D eigenvalue weighted by atomic mass is 16.3. The Morgan fingerprint density at radius 3 is 2.53 bits per heavy atom. The molecule has 0 fully saturated rings. The predicted octanol–water partition coefficient (Wildman–Crippen LogP) is 3.32. The molecule has 1 aromatic heterocycles. The zero-order valence-corrected chi connectivity index (χ0v) is 10.7. The summed E-state index contributed by atoms with van der Waals surface area (Å²) in [4.78, 5) is 0. The molecule has 2 aromatic rings. The fraction of sp³-hybridized carbons (Fsp3) is 0.357. The molecule has 0 spiro atoms. The molecule has 1 N–H and O–H groups in total. The van der Waals surface area contributed by atoms with Crippen LogP contribution in [0.2, 0.25) is 0 Å². The second kappa shape index (κ2) is 4.24. The van der Waals surface area contributed by atoms with Crippen LogP contribution in [0.25, 0.3) is 5.69 Å². The molecule has 0 unspecified atom stereocenters. The Hall–Kier alpha value is -1.77. The Labute approximate surface area is 102 Å². The zero-order chi connectivity index (χ0) is 12.6. The lowest BCUT2D eigenvalue weighted by atomic mass is 10.1. The number of hydrogen-bond donors (Lipinski definition) is 1. The van der Waals surface area contributed by atoms with E-state index in [0.29, 0.717) is 11.4 Å². The van der Waals surface area contributed by atoms with Gasteiger partial charge in [0.25, 0.3) is 0 Å². The fourth-order valence-corrected chi connectivity index (χ4v) is 2.01. The maximum atomic E-state index is 10.0. The lowest BCUT2D eigenvalue weighted by Gasteiger charge is -2.10. The van der Waals surface area contributed by atoms with E-state index in [1.807, 2.05) is 23.7 Å². The van der Waals surface area contributed by atoms with E-state index in [1.165, 1.54) is 5.56 Å². The van der Waals surface area contributed by atoms with Crippen LogP contribution in [0.1, 0.15) is 36.7 Å². The molecule has 0 saturated carbocycles. The minimum atomic E-state index is 0.233. The summed E-state index contributed by atoms with van der Waals surface area (Å²) >= 11 is 0. The Kier molecular flexibility index (Phi) is 2.92. The third-order valence-electron chi connectivity index (χ3n) is 2.86. The highest BCUT2D eigenvalue weighted by Gasteiger charge is 2.18. The molecular formula is C14H18N2O. The van der Waals surface area contributed by atoms with Crippen LogP contribution < -0.4 is 0 Å². The third-order valence-corrected chi connectivity index (χ3v) is 2.86. The molecule has 1 aromatic carbocycles. The molecule has 0 radical (unpaired) electrons. The summed E-state index contributed by atoms with van der Waals surface area (Å²) in [5.74, 6) is 0.540. The van der Waals surface area contributed by atoms with E-state index < -0.39 is 0 Å². The van der Waals surface area contributed by atoms with Crippen molar-refractivity contribution in [3.63, 3.8) is 0 Å². The molecule has 90 valence electrons. The highest BCUT2D eigenvalue weighted by molar-refractivity contribution is 5.43. The summed E-state index contributed by atoms with van der Waals surface area (Å²) in [7, 11) is 0. The lowest BCUT2D eigenvalue weighted by Crippen LogP contribution is -2.04. The van der Waals surface area contributed by atoms with Gasteiger partial charge in [-0.05, 0) is 37.5 Å². The number of aryl methyl sites for hydroxylation is 2. The van der Waals surface area contributed by atoms with Crippen LogP contribution in [-0.4, -0.2) is 14.9 Å². The summed E-state index contributed by atoms with van der Waals surface area (Å²) in [5.41, 5.74) is 3.73. The van der Waals surface area contributed by atoms with Crippen LogP contribution in [-0.2, 0) is 0 Å². The van der Waals surface area contributed by atoms with Crippen LogP contribution in [0.15, 0.2) is 24.3 Å². The van der Waals surface area contributed by atoms with Crippen molar-refractivity contribution in [2.75, 3.05) is 0 Å². The summed E-state index contributed by atoms with van der Waals surface area (Å²) in [6.45, 7) is 7.99. The summed E-state index contributed by atoms with van der Waals surface area (Å²) < 4.78 is 1.84. The fourth-order valence-electron chi connectivity index (χ4n) is 2.01. The molecule has 3 heteroatoms. The van der Waals surface area contributed by atoms with Gasteiger partial charge in [0.2, 0.25) is 0 Å². The molecule has 0 aliphatic heterocycles. The van der Waals surface area contributed by atoms with Gasteiger partial charge in [0, 0.05) is 0 Å². The van der Waals surface area contributed by atoms with E-state index in [9.17, 15) is 5.11 Å². The van der Waals surface area contributed by atoms with Crippen LogP contribution in [0.4, 0.5) is 0 Å². The first-order valence-corrected chi connectivity index (χ1v) is 5.86. The molecule has 0 saturated heterocycles. The Morgan fingerprint density at radius 1 is 1.24 bits per heavy atom. The molecule has 17 heavy (non-hydrogen) atoms. The zero-order valence-electron chi connectivity index (χ0n) is 10.7. The molecule has 0 bridgehead atoms. The van der Waals surface area contributed by atoms with Crippen molar-refractivity contribution in [3.8, 4) is 11.4 Å². The lowest BCUT2D eigenvalue weighted by molar-refractivity contribution is 0.459. The van der Waals surface area contributed by atoms with Gasteiger partial charge in [-0.2, -0.15) is 5.10 Å². The van der Waals surface area contributed by atoms with Gasteiger partial charge in [0.1, 0.15) is 5.69 Å². The van der Waals surface area contributed by atoms with Crippen molar-refractivity contribution in [3.05, 3.63) is 41.2 Å². The van der Waals surface area contributed by atoms with Gasteiger partial charge in [0.15, 0.2) is 5.75 Å². The van der Waals surface area contributed by atoms with Crippen molar-refractivity contribution in [1.82, 2.24) is 9.78 Å². The second-order valence-corrected chi connectivity index (χ2v) is 4.72. The largest absolute Gasteiger partial charge is 0.504 e. The first-order valence-electron chi connectivity index (χ1n) is 5.86. The third kappa shape index (κ3) is 2.05. The number of rotatable bonds is 2. The SMILES string of the molecule is Cc1cccc(-n2nc(C)c(O)c2C(C)C)c1. The van der Waals surface area contributed by atoms with Crippen LogP contribution in [0.5, 0.6) is 5.75 Å². The summed E-state index contributed by atoms with van der Waals surface area (Å²) in [5, 5.41) is 14.4. The van der Waals surface area contributed by atoms with Gasteiger partial charge in [-0.25, -0.2) is 4.68 Å². The first kappa shape index (κ1) is 11.7. The normalized spacial score (nSPS) is 11.1. The first-order chi connectivity index (χ1) is 8.00. The van der Waals surface area contributed by atoms with Gasteiger partial charge in [-0.1, -0.05) is 26.0 Å². The minimum Gasteiger partial charge on any atom is -0.504 e. The quantitative estimate of drug-likeness (QED) is 0.859. The average Bonchev–Trinajstić information content (AvgIpc) is 2.55. The number of aromatic hydroxyl groups is 1. The topological polar surface area (TPSA) is 38.0 Å². The summed E-state index contributed by atoms with van der Waals surface area (Å²) in [6, 6.07) is 8.13. The van der Waals surface area contributed by atoms with Gasteiger partial charge >= 0.3 is 0 Å². The van der Waals surface area contributed by atoms with Crippen molar-refractivity contribution in [1.29, 1.82) is 0 Å². The van der Waals surface area contributed by atoms with Crippen LogP contribution in [0.3, 0.4) is 0 Å². The monoisotopic (exact) mass is 230 g/mol. The minimum absolute atomic E-state index is 0.233. The number of aromatic nitrogens is 2. The van der Waals surface area contributed by atoms with Crippen molar-refractivity contribution in [2.45, 2.75) is 33.6 Å². The molecule has 2 rings (SSSR count). The number of nitrogens with zero attached hydrogens (tertiary/aromatic N) is 2. The van der Waals surface area contributed by atoms with E-state index in [-0.39, 0.29) is 5.92 Å². The van der Waals surface area contributed by atoms with E-state index in [2.05, 4.69) is 38.0 Å². The predicted molar refractivity (Wildman–Crippen MR) is 68.8 cm³/mol. The van der Waals surface area contributed by atoms with Gasteiger partial charge in [-0.15, -0.1) is 0 Å². The molecule has 1 heterocycles. The van der Waals surface area contributed by atoms with E-state index in [0.717, 1.165) is 11.4 Å². The number of hydrogen-bond acceptors (Lipinski definition) is 2. The second-order valence-electron chi connectivity index (χ2n) is 4.72. The Morgan fingerprint density at radius 2 is 1.94 bits per heavy atom. The van der Waals surface area contributed by atoms with E-state index >= 15 is 0 Å². The maximum Gasteiger partial charge on any atom is 0.160 e. The smallest absolute Gasteiger partial charge is 0.160 e. The maximum absolute atomic E-state index is 10.0. The van der Waals surface area contributed by atoms with Crippen molar-refractivity contribution in [2.24, 2.45) is 0 Å². The molecule has 0 aliphatic rings. The van der Waals surface area contributed by atoms with Gasteiger partial charge in [-0.3, -0.25) is 0 Å². The van der Waals surface area contributed by atoms with Crippen molar-refractivity contribution < 1.29 is 5.11 Å². The molecule has 0 amide bonds. The van der Waals surface area contributed by atoms with Crippen LogP contribution in [0, 0.1) is 13.8 Å². The van der Waals surface area contributed by atoms with E-state index in [4.69, 9.17) is 0 Å².